The molecule has 0 saturated heterocycles. The third-order valence-electron chi connectivity index (χ3n) is 2.54. The van der Waals surface area contributed by atoms with Crippen molar-refractivity contribution in [2.24, 2.45) is 0 Å². The lowest BCUT2D eigenvalue weighted by molar-refractivity contribution is 0.0939. The predicted molar refractivity (Wildman–Crippen MR) is 72.9 cm³/mol. The summed E-state index contributed by atoms with van der Waals surface area (Å²) in [7, 11) is 2.45. The molecule has 0 atom stereocenters. The van der Waals surface area contributed by atoms with Crippen LogP contribution < -0.4 is 0 Å². The highest BCUT2D eigenvalue weighted by Crippen LogP contribution is 2.25. The van der Waals surface area contributed by atoms with E-state index < -0.39 is 17.6 Å². The van der Waals surface area contributed by atoms with Gasteiger partial charge in [-0.05, 0) is 0 Å². The van der Waals surface area contributed by atoms with Crippen molar-refractivity contribution in [2.75, 3.05) is 42.7 Å². The van der Waals surface area contributed by atoms with Crippen LogP contribution in [0.15, 0.2) is 23.9 Å². The highest BCUT2D eigenvalue weighted by Gasteiger charge is 2.50. The van der Waals surface area contributed by atoms with Gasteiger partial charge in [0.25, 0.3) is 0 Å². The summed E-state index contributed by atoms with van der Waals surface area (Å²) in [6.07, 6.45) is 0. The summed E-state index contributed by atoms with van der Waals surface area (Å²) in [5.41, 5.74) is 0. The molecule has 0 amide bonds. The van der Waals surface area contributed by atoms with Crippen molar-refractivity contribution in [1.82, 2.24) is 0 Å². The smallest absolute Gasteiger partial charge is 0.460 e. The van der Waals surface area contributed by atoms with Gasteiger partial charge in [0.05, 0.1) is 0 Å². The fourth-order valence-electron chi connectivity index (χ4n) is 1.46. The van der Waals surface area contributed by atoms with Gasteiger partial charge in [0, 0.05) is 42.7 Å². The summed E-state index contributed by atoms with van der Waals surface area (Å²) in [6.45, 7) is 7.51. The molecule has 0 heterocycles. The van der Waals surface area contributed by atoms with Gasteiger partial charge in [-0.25, -0.2) is 0 Å². The van der Waals surface area contributed by atoms with Gasteiger partial charge in [-0.1, -0.05) is 13.2 Å². The van der Waals surface area contributed by atoms with Gasteiger partial charge >= 0.3 is 17.6 Å². The lowest BCUT2D eigenvalue weighted by Crippen LogP contribution is -2.50. The van der Waals surface area contributed by atoms with Crippen LogP contribution in [0.1, 0.15) is 0 Å². The van der Waals surface area contributed by atoms with E-state index in [4.69, 9.17) is 31.3 Å². The monoisotopic (exact) mass is 310 g/mol. The molecule has 9 heteroatoms. The number of ether oxygens (including phenoxy) is 1. The number of hydrogen-bond acceptors (Lipinski definition) is 7. The van der Waals surface area contributed by atoms with E-state index in [-0.39, 0.29) is 10.8 Å². The summed E-state index contributed by atoms with van der Waals surface area (Å²) >= 11 is 0. The molecule has 0 bridgehead atoms. The molecular weight excluding hydrogens is 288 g/mol. The third kappa shape index (κ3) is 3.73. The maximum Gasteiger partial charge on any atom is 0.572 e. The second-order valence-electron chi connectivity index (χ2n) is 3.29. The SMILES string of the molecule is C=C(OC(=C)[Si](OC)(OC)OC)[Si](OC)(OC)OC. The largest absolute Gasteiger partial charge is 0.572 e. The lowest BCUT2D eigenvalue weighted by atomic mass is 11.0. The molecule has 0 fully saturated rings. The first-order valence-corrected chi connectivity index (χ1v) is 8.74. The molecule has 0 aliphatic rings. The van der Waals surface area contributed by atoms with Gasteiger partial charge in [0.15, 0.2) is 10.8 Å². The van der Waals surface area contributed by atoms with Crippen LogP contribution in [0.3, 0.4) is 0 Å². The quantitative estimate of drug-likeness (QED) is 0.438. The first-order chi connectivity index (χ1) is 8.91. The predicted octanol–water partition coefficient (Wildman–Crippen LogP) is 0.865. The molecule has 0 N–H and O–H groups in total. The van der Waals surface area contributed by atoms with Gasteiger partial charge in [-0.2, -0.15) is 0 Å². The summed E-state index contributed by atoms with van der Waals surface area (Å²) in [4.78, 5) is 0. The van der Waals surface area contributed by atoms with Crippen LogP contribution in [-0.4, -0.2) is 60.3 Å². The zero-order valence-corrected chi connectivity index (χ0v) is 14.3. The Labute approximate surface area is 116 Å². The van der Waals surface area contributed by atoms with E-state index >= 15 is 0 Å². The Morgan fingerprint density at radius 1 is 0.579 bits per heavy atom. The van der Waals surface area contributed by atoms with Gasteiger partial charge in [-0.15, -0.1) is 0 Å². The molecule has 19 heavy (non-hydrogen) atoms. The molecule has 7 nitrogen and oxygen atoms in total. The van der Waals surface area contributed by atoms with Crippen molar-refractivity contribution in [3.8, 4) is 0 Å². The van der Waals surface area contributed by atoms with Crippen LogP contribution in [0.25, 0.3) is 0 Å². The molecule has 0 aromatic carbocycles. The van der Waals surface area contributed by atoms with Crippen LogP contribution in [-0.2, 0) is 31.3 Å². The average molecular weight is 310 g/mol. The first-order valence-electron chi connectivity index (χ1n) is 5.29. The topological polar surface area (TPSA) is 64.6 Å². The van der Waals surface area contributed by atoms with Crippen LogP contribution in [0.2, 0.25) is 0 Å². The number of rotatable bonds is 10. The van der Waals surface area contributed by atoms with Crippen molar-refractivity contribution in [2.45, 2.75) is 0 Å². The van der Waals surface area contributed by atoms with Gasteiger partial charge in [-0.3, -0.25) is 0 Å². The van der Waals surface area contributed by atoms with Gasteiger partial charge in [0.2, 0.25) is 0 Å². The molecule has 0 aromatic rings. The Kier molecular flexibility index (Phi) is 7.70. The minimum atomic E-state index is -3.12. The van der Waals surface area contributed by atoms with Crippen LogP contribution in [0, 0.1) is 0 Å². The maximum atomic E-state index is 5.51. The Hall–Kier alpha value is -0.526. The highest BCUT2D eigenvalue weighted by molar-refractivity contribution is 6.70. The van der Waals surface area contributed by atoms with Gasteiger partial charge < -0.3 is 31.3 Å². The van der Waals surface area contributed by atoms with E-state index in [1.807, 2.05) is 0 Å². The van der Waals surface area contributed by atoms with E-state index in [0.717, 1.165) is 0 Å². The van der Waals surface area contributed by atoms with Crippen LogP contribution in [0.5, 0.6) is 0 Å². The minimum Gasteiger partial charge on any atom is -0.460 e. The zero-order valence-electron chi connectivity index (χ0n) is 12.3. The van der Waals surface area contributed by atoms with Crippen LogP contribution in [0.4, 0.5) is 0 Å². The van der Waals surface area contributed by atoms with E-state index in [0.29, 0.717) is 0 Å². The van der Waals surface area contributed by atoms with Crippen LogP contribution >= 0.6 is 0 Å². The highest BCUT2D eigenvalue weighted by atomic mass is 28.4. The fraction of sp³-hybridized carbons (Fsp3) is 0.600. The van der Waals surface area contributed by atoms with E-state index in [1.54, 1.807) is 0 Å². The summed E-state index contributed by atoms with van der Waals surface area (Å²) < 4.78 is 36.9. The zero-order chi connectivity index (χ0) is 15.1. The van der Waals surface area contributed by atoms with E-state index in [9.17, 15) is 0 Å². The Balaban J connectivity index is 5.04. The molecule has 0 aliphatic carbocycles. The Morgan fingerprint density at radius 2 is 0.789 bits per heavy atom. The van der Waals surface area contributed by atoms with Crippen molar-refractivity contribution >= 4 is 17.6 Å². The van der Waals surface area contributed by atoms with Crippen molar-refractivity contribution in [1.29, 1.82) is 0 Å². The third-order valence-corrected chi connectivity index (χ3v) is 7.34. The standard InChI is InChI=1S/C10H22O7Si2/c1-9(18(11-3,12-4)13-5)17-10(2)19(14-6,15-7)16-8/h1-2H2,3-8H3. The average Bonchev–Trinajstić information content (AvgIpc) is 2.44. The molecule has 0 unspecified atom stereocenters. The first kappa shape index (κ1) is 18.5. The Bertz CT molecular complexity index is 266. The normalized spacial score (nSPS) is 12.3. The molecule has 0 rings (SSSR count). The number of hydrogen-bond donors (Lipinski definition) is 0. The summed E-state index contributed by atoms with van der Waals surface area (Å²) in [6, 6.07) is 0. The molecular formula is C10H22O7Si2. The molecule has 112 valence electrons. The second kappa shape index (κ2) is 7.92. The molecule has 0 spiro atoms. The maximum absolute atomic E-state index is 5.51. The van der Waals surface area contributed by atoms with E-state index in [2.05, 4.69) is 13.2 Å². The minimum absolute atomic E-state index is 0.174. The van der Waals surface area contributed by atoms with Gasteiger partial charge in [0.1, 0.15) is 0 Å². The van der Waals surface area contributed by atoms with E-state index in [1.165, 1.54) is 42.7 Å². The lowest BCUT2D eigenvalue weighted by Gasteiger charge is -2.30. The van der Waals surface area contributed by atoms with Crippen molar-refractivity contribution in [3.05, 3.63) is 23.9 Å². The molecule has 0 saturated carbocycles. The molecule has 0 aromatic heterocycles. The molecule has 0 aliphatic heterocycles. The summed E-state index contributed by atoms with van der Waals surface area (Å²) in [5.74, 6) is 0. The summed E-state index contributed by atoms with van der Waals surface area (Å²) in [5, 5.41) is 0.348. The van der Waals surface area contributed by atoms with Crippen molar-refractivity contribution < 1.29 is 31.3 Å². The second-order valence-corrected chi connectivity index (χ2v) is 9.08. The van der Waals surface area contributed by atoms with Crippen molar-refractivity contribution in [3.63, 3.8) is 0 Å². The molecule has 0 radical (unpaired) electrons. The fourth-order valence-corrected chi connectivity index (χ4v) is 4.42. The Morgan fingerprint density at radius 3 is 0.947 bits per heavy atom.